The van der Waals surface area contributed by atoms with E-state index in [0.29, 0.717) is 10.1 Å². The van der Waals surface area contributed by atoms with Crippen molar-refractivity contribution in [2.24, 2.45) is 11.5 Å². The number of hydrogen-bond donors (Lipinski definition) is 2. The summed E-state index contributed by atoms with van der Waals surface area (Å²) in [6, 6.07) is 10.1. The standard InChI is InChI=1S/C15H10N2O3S.H2S/c16-14(19)8-5-6-10-12(11(8)15(17)20)13(18)7-3-1-2-4-9(7)21-10;/h1-6H,(H2,16,19)(H2,17,20);1H2. The van der Waals surface area contributed by atoms with Gasteiger partial charge in [0.15, 0.2) is 5.43 Å². The van der Waals surface area contributed by atoms with Crippen molar-refractivity contribution in [2.45, 2.75) is 0 Å². The topological polar surface area (TPSA) is 103 Å². The average molecular weight is 332 g/mol. The number of hydrogen-bond acceptors (Lipinski definition) is 4. The Labute approximate surface area is 136 Å². The molecule has 0 fully saturated rings. The third-order valence-electron chi connectivity index (χ3n) is 3.26. The van der Waals surface area contributed by atoms with Gasteiger partial charge in [-0.15, -0.1) is 11.3 Å². The van der Waals surface area contributed by atoms with Crippen LogP contribution in [0.25, 0.3) is 20.2 Å². The number of carbonyl (C=O) groups is 2. The van der Waals surface area contributed by atoms with Crippen molar-refractivity contribution >= 4 is 56.8 Å². The maximum atomic E-state index is 12.6. The Hall–Kier alpha value is -2.38. The number of rotatable bonds is 2. The van der Waals surface area contributed by atoms with Crippen molar-refractivity contribution in [2.75, 3.05) is 0 Å². The lowest BCUT2D eigenvalue weighted by atomic mass is 10.0. The van der Waals surface area contributed by atoms with E-state index in [0.717, 1.165) is 4.70 Å². The number of benzene rings is 2. The molecular weight excluding hydrogens is 320 g/mol. The molecule has 0 bridgehead atoms. The van der Waals surface area contributed by atoms with Gasteiger partial charge in [0.1, 0.15) is 0 Å². The monoisotopic (exact) mass is 332 g/mol. The number of carbonyl (C=O) groups excluding carboxylic acids is 2. The van der Waals surface area contributed by atoms with Crippen LogP contribution in [0.15, 0.2) is 41.2 Å². The van der Waals surface area contributed by atoms with Gasteiger partial charge in [-0.1, -0.05) is 12.1 Å². The molecule has 0 saturated carbocycles. The van der Waals surface area contributed by atoms with E-state index in [9.17, 15) is 14.4 Å². The van der Waals surface area contributed by atoms with Crippen LogP contribution in [0.1, 0.15) is 20.7 Å². The molecule has 3 rings (SSSR count). The molecule has 0 spiro atoms. The maximum absolute atomic E-state index is 12.6. The Balaban J connectivity index is 0.00000176. The maximum Gasteiger partial charge on any atom is 0.250 e. The number of nitrogens with two attached hydrogens (primary N) is 2. The molecule has 0 aliphatic rings. The van der Waals surface area contributed by atoms with Crippen molar-refractivity contribution < 1.29 is 9.59 Å². The third-order valence-corrected chi connectivity index (χ3v) is 4.39. The van der Waals surface area contributed by atoms with E-state index in [2.05, 4.69) is 0 Å². The van der Waals surface area contributed by atoms with Crippen molar-refractivity contribution in [3.8, 4) is 0 Å². The van der Waals surface area contributed by atoms with E-state index in [4.69, 9.17) is 11.5 Å². The second kappa shape index (κ2) is 5.78. The molecular formula is C15H12N2O3S2. The van der Waals surface area contributed by atoms with Crippen LogP contribution in [0.2, 0.25) is 0 Å². The van der Waals surface area contributed by atoms with Crippen molar-refractivity contribution in [1.29, 1.82) is 0 Å². The van der Waals surface area contributed by atoms with Crippen LogP contribution in [0, 0.1) is 0 Å². The molecule has 4 N–H and O–H groups in total. The normalized spacial score (nSPS) is 10.4. The lowest BCUT2D eigenvalue weighted by Gasteiger charge is -2.08. The molecule has 1 aromatic heterocycles. The summed E-state index contributed by atoms with van der Waals surface area (Å²) in [6.45, 7) is 0. The van der Waals surface area contributed by atoms with Gasteiger partial charge in [-0.05, 0) is 24.3 Å². The van der Waals surface area contributed by atoms with Crippen LogP contribution in [0.3, 0.4) is 0 Å². The third kappa shape index (κ3) is 2.34. The highest BCUT2D eigenvalue weighted by molar-refractivity contribution is 7.59. The first-order valence-corrected chi connectivity index (χ1v) is 6.90. The minimum Gasteiger partial charge on any atom is -0.366 e. The molecule has 2 aromatic carbocycles. The Morgan fingerprint density at radius 2 is 1.59 bits per heavy atom. The fourth-order valence-electron chi connectivity index (χ4n) is 2.35. The van der Waals surface area contributed by atoms with Gasteiger partial charge in [0.05, 0.1) is 16.5 Å². The van der Waals surface area contributed by atoms with Gasteiger partial charge < -0.3 is 11.5 Å². The Morgan fingerprint density at radius 3 is 2.23 bits per heavy atom. The first kappa shape index (κ1) is 16.0. The van der Waals surface area contributed by atoms with Crippen LogP contribution in [-0.4, -0.2) is 11.8 Å². The first-order chi connectivity index (χ1) is 10.0. The van der Waals surface area contributed by atoms with Gasteiger partial charge >= 0.3 is 0 Å². The first-order valence-electron chi connectivity index (χ1n) is 6.09. The highest BCUT2D eigenvalue weighted by atomic mass is 32.1. The molecule has 5 nitrogen and oxygen atoms in total. The smallest absolute Gasteiger partial charge is 0.250 e. The number of primary amides is 2. The van der Waals surface area contributed by atoms with Gasteiger partial charge in [0, 0.05) is 14.8 Å². The Kier molecular flexibility index (Phi) is 4.20. The summed E-state index contributed by atoms with van der Waals surface area (Å²) < 4.78 is 1.40. The van der Waals surface area contributed by atoms with Crippen molar-refractivity contribution in [3.05, 3.63) is 57.7 Å². The highest BCUT2D eigenvalue weighted by Gasteiger charge is 2.20. The summed E-state index contributed by atoms with van der Waals surface area (Å²) in [6.07, 6.45) is 0. The minimum atomic E-state index is -0.839. The minimum absolute atomic E-state index is 0. The lowest BCUT2D eigenvalue weighted by Crippen LogP contribution is -2.23. The van der Waals surface area contributed by atoms with Gasteiger partial charge in [0.2, 0.25) is 11.8 Å². The van der Waals surface area contributed by atoms with Crippen LogP contribution in [0.5, 0.6) is 0 Å². The van der Waals surface area contributed by atoms with E-state index in [1.54, 1.807) is 18.2 Å². The second-order valence-corrected chi connectivity index (χ2v) is 5.60. The van der Waals surface area contributed by atoms with Crippen LogP contribution >= 0.6 is 24.8 Å². The van der Waals surface area contributed by atoms with Crippen molar-refractivity contribution in [3.63, 3.8) is 0 Å². The van der Waals surface area contributed by atoms with Gasteiger partial charge in [0.25, 0.3) is 0 Å². The molecule has 3 aromatic rings. The molecule has 0 aliphatic heterocycles. The summed E-state index contributed by atoms with van der Waals surface area (Å²) in [5.74, 6) is -1.63. The van der Waals surface area contributed by atoms with Crippen LogP contribution in [-0.2, 0) is 0 Å². The predicted molar refractivity (Wildman–Crippen MR) is 93.0 cm³/mol. The van der Waals surface area contributed by atoms with Gasteiger partial charge in [-0.2, -0.15) is 13.5 Å². The summed E-state index contributed by atoms with van der Waals surface area (Å²) in [7, 11) is 0. The van der Waals surface area contributed by atoms with E-state index in [-0.39, 0.29) is 35.4 Å². The molecule has 0 saturated heterocycles. The molecule has 0 unspecified atom stereocenters. The molecule has 2 amide bonds. The van der Waals surface area contributed by atoms with Crippen LogP contribution < -0.4 is 16.9 Å². The molecule has 22 heavy (non-hydrogen) atoms. The zero-order chi connectivity index (χ0) is 15.1. The fraction of sp³-hybridized carbons (Fsp3) is 0. The van der Waals surface area contributed by atoms with Crippen molar-refractivity contribution in [1.82, 2.24) is 0 Å². The van der Waals surface area contributed by atoms with Gasteiger partial charge in [-0.25, -0.2) is 0 Å². The van der Waals surface area contributed by atoms with Crippen LogP contribution in [0.4, 0.5) is 0 Å². The molecule has 7 heteroatoms. The average Bonchev–Trinajstić information content (AvgIpc) is 2.46. The zero-order valence-corrected chi connectivity index (χ0v) is 13.1. The summed E-state index contributed by atoms with van der Waals surface area (Å²) in [5.41, 5.74) is 10.2. The number of amides is 2. The van der Waals surface area contributed by atoms with E-state index in [1.165, 1.54) is 17.4 Å². The lowest BCUT2D eigenvalue weighted by molar-refractivity contribution is 0.0968. The Bertz CT molecular complexity index is 980. The zero-order valence-electron chi connectivity index (χ0n) is 11.3. The van der Waals surface area contributed by atoms with E-state index in [1.807, 2.05) is 12.1 Å². The molecule has 0 aliphatic carbocycles. The summed E-state index contributed by atoms with van der Waals surface area (Å²) >= 11 is 1.36. The molecule has 0 radical (unpaired) electrons. The van der Waals surface area contributed by atoms with Gasteiger partial charge in [-0.3, -0.25) is 14.4 Å². The van der Waals surface area contributed by atoms with E-state index < -0.39 is 11.8 Å². The summed E-state index contributed by atoms with van der Waals surface area (Å²) in [5, 5.41) is 0.640. The highest BCUT2D eigenvalue weighted by Crippen LogP contribution is 2.28. The quantitative estimate of drug-likeness (QED) is 0.698. The molecule has 112 valence electrons. The fourth-order valence-corrected chi connectivity index (χ4v) is 3.44. The molecule has 1 heterocycles. The SMILES string of the molecule is NC(=O)c1ccc2sc3ccccc3c(=O)c2c1C(N)=O.S. The number of fused-ring (bicyclic) bond motifs is 2. The largest absolute Gasteiger partial charge is 0.366 e. The summed E-state index contributed by atoms with van der Waals surface area (Å²) in [4.78, 5) is 35.8. The second-order valence-electron chi connectivity index (χ2n) is 4.52. The predicted octanol–water partition coefficient (Wildman–Crippen LogP) is 1.73. The Morgan fingerprint density at radius 1 is 0.909 bits per heavy atom. The van der Waals surface area contributed by atoms with E-state index >= 15 is 0 Å². The molecule has 0 atom stereocenters.